The molecular weight excluding hydrogens is 354 g/mol. The summed E-state index contributed by atoms with van der Waals surface area (Å²) < 4.78 is 12.9. The second-order valence-corrected chi connectivity index (χ2v) is 6.70. The molecule has 2 aromatic heterocycles. The average molecular weight is 375 g/mol. The van der Waals surface area contributed by atoms with Gasteiger partial charge in [0.25, 0.3) is 5.91 Å². The smallest absolute Gasteiger partial charge is 0.272 e. The molecule has 28 heavy (non-hydrogen) atoms. The number of furan rings is 1. The molecule has 4 aromatic rings. The summed E-state index contributed by atoms with van der Waals surface area (Å²) >= 11 is 0. The van der Waals surface area contributed by atoms with E-state index < -0.39 is 0 Å². The first-order valence-corrected chi connectivity index (χ1v) is 9.05. The summed E-state index contributed by atoms with van der Waals surface area (Å²) in [7, 11) is 1.61. The minimum atomic E-state index is -0.279. The Bertz CT molecular complexity index is 1110. The van der Waals surface area contributed by atoms with E-state index in [0.29, 0.717) is 17.2 Å². The highest BCUT2D eigenvalue weighted by molar-refractivity contribution is 5.92. The van der Waals surface area contributed by atoms with Gasteiger partial charge in [-0.2, -0.15) is 5.10 Å². The van der Waals surface area contributed by atoms with E-state index in [1.807, 2.05) is 62.4 Å². The number of aryl methyl sites for hydroxylation is 1. The predicted octanol–water partition coefficient (Wildman–Crippen LogP) is 4.43. The normalized spacial score (nSPS) is 12.1. The number of fused-ring (bicyclic) bond motifs is 1. The maximum atomic E-state index is 12.6. The fourth-order valence-electron chi connectivity index (χ4n) is 3.12. The van der Waals surface area contributed by atoms with Crippen LogP contribution in [0.2, 0.25) is 0 Å². The van der Waals surface area contributed by atoms with Gasteiger partial charge in [0.15, 0.2) is 5.69 Å². The molecule has 1 unspecified atom stereocenters. The lowest BCUT2D eigenvalue weighted by Gasteiger charge is -2.11. The van der Waals surface area contributed by atoms with Crippen LogP contribution >= 0.6 is 0 Å². The van der Waals surface area contributed by atoms with Crippen molar-refractivity contribution < 1.29 is 13.9 Å². The monoisotopic (exact) mass is 375 g/mol. The Morgan fingerprint density at radius 2 is 2.00 bits per heavy atom. The predicted molar refractivity (Wildman–Crippen MR) is 107 cm³/mol. The maximum Gasteiger partial charge on any atom is 0.272 e. The molecular formula is C22H21N3O3. The Balaban J connectivity index is 1.54. The van der Waals surface area contributed by atoms with E-state index in [2.05, 4.69) is 10.4 Å². The van der Waals surface area contributed by atoms with Gasteiger partial charge in [0.2, 0.25) is 0 Å². The zero-order valence-corrected chi connectivity index (χ0v) is 16.0. The number of ether oxygens (including phenoxy) is 1. The third-order valence-electron chi connectivity index (χ3n) is 4.62. The molecule has 0 aliphatic rings. The van der Waals surface area contributed by atoms with Crippen molar-refractivity contribution in [2.75, 3.05) is 7.11 Å². The van der Waals surface area contributed by atoms with Crippen molar-refractivity contribution in [3.05, 3.63) is 77.8 Å². The first-order valence-electron chi connectivity index (χ1n) is 9.05. The van der Waals surface area contributed by atoms with Crippen molar-refractivity contribution in [2.24, 2.45) is 0 Å². The number of nitrogens with zero attached hydrogens (tertiary/aromatic N) is 2. The summed E-state index contributed by atoms with van der Waals surface area (Å²) in [5.74, 6) is 1.13. The summed E-state index contributed by atoms with van der Waals surface area (Å²) in [5.41, 5.74) is 2.99. The number of amides is 1. The van der Waals surface area contributed by atoms with Crippen LogP contribution in [0.1, 0.15) is 34.8 Å². The number of para-hydroxylation sites is 1. The standard InChI is InChI=1S/C22H21N3O3/c1-14-8-9-20(27-3)18(12-14)25-11-10-17(24-25)22(26)23-15(2)21-13-16-6-4-5-7-19(16)28-21/h4-13,15H,1-3H3,(H,23,26). The Labute approximate surface area is 162 Å². The fourth-order valence-corrected chi connectivity index (χ4v) is 3.12. The number of methoxy groups -OCH3 is 1. The molecule has 2 heterocycles. The van der Waals surface area contributed by atoms with Gasteiger partial charge in [-0.25, -0.2) is 4.68 Å². The van der Waals surface area contributed by atoms with Crippen molar-refractivity contribution in [3.8, 4) is 11.4 Å². The zero-order chi connectivity index (χ0) is 19.7. The summed E-state index contributed by atoms with van der Waals surface area (Å²) in [6, 6.07) is 16.9. The van der Waals surface area contributed by atoms with Crippen LogP contribution in [0.25, 0.3) is 16.7 Å². The Morgan fingerprint density at radius 1 is 1.18 bits per heavy atom. The molecule has 0 radical (unpaired) electrons. The third kappa shape index (κ3) is 3.36. The zero-order valence-electron chi connectivity index (χ0n) is 16.0. The molecule has 0 saturated carbocycles. The van der Waals surface area contributed by atoms with Gasteiger partial charge < -0.3 is 14.5 Å². The molecule has 0 spiro atoms. The van der Waals surface area contributed by atoms with Crippen LogP contribution in [-0.2, 0) is 0 Å². The van der Waals surface area contributed by atoms with Crippen molar-refractivity contribution in [1.82, 2.24) is 15.1 Å². The molecule has 1 atom stereocenters. The number of carbonyl (C=O) groups excluding carboxylic acids is 1. The molecule has 0 aliphatic carbocycles. The number of benzene rings is 2. The summed E-state index contributed by atoms with van der Waals surface area (Å²) in [6.07, 6.45) is 1.75. The molecule has 6 nitrogen and oxygen atoms in total. The number of carbonyl (C=O) groups is 1. The Hall–Kier alpha value is -3.54. The lowest BCUT2D eigenvalue weighted by Crippen LogP contribution is -2.26. The second kappa shape index (κ2) is 7.23. The van der Waals surface area contributed by atoms with E-state index in [4.69, 9.17) is 9.15 Å². The van der Waals surface area contributed by atoms with Gasteiger partial charge in [0.1, 0.15) is 22.8 Å². The first kappa shape index (κ1) is 17.9. The second-order valence-electron chi connectivity index (χ2n) is 6.70. The third-order valence-corrected chi connectivity index (χ3v) is 4.62. The SMILES string of the molecule is COc1ccc(C)cc1-n1ccc(C(=O)NC(C)c2cc3ccccc3o2)n1. The largest absolute Gasteiger partial charge is 0.494 e. The van der Waals surface area contributed by atoms with Gasteiger partial charge in [-0.15, -0.1) is 0 Å². The molecule has 0 aliphatic heterocycles. The Kier molecular flexibility index (Phi) is 4.61. The maximum absolute atomic E-state index is 12.6. The van der Waals surface area contributed by atoms with Crippen molar-refractivity contribution in [3.63, 3.8) is 0 Å². The average Bonchev–Trinajstić information content (AvgIpc) is 3.35. The minimum absolute atomic E-state index is 0.265. The van der Waals surface area contributed by atoms with Crippen molar-refractivity contribution in [2.45, 2.75) is 19.9 Å². The molecule has 0 fully saturated rings. The summed E-state index contributed by atoms with van der Waals surface area (Å²) in [5, 5.41) is 8.36. The van der Waals surface area contributed by atoms with Crippen LogP contribution in [0.5, 0.6) is 5.75 Å². The van der Waals surface area contributed by atoms with Crippen LogP contribution < -0.4 is 10.1 Å². The lowest BCUT2D eigenvalue weighted by molar-refractivity contribution is 0.0930. The van der Waals surface area contributed by atoms with Crippen LogP contribution in [0.3, 0.4) is 0 Å². The van der Waals surface area contributed by atoms with Gasteiger partial charge in [-0.05, 0) is 49.7 Å². The molecule has 2 aromatic carbocycles. The van der Waals surface area contributed by atoms with Crippen molar-refractivity contribution >= 4 is 16.9 Å². The number of rotatable bonds is 5. The van der Waals surface area contributed by atoms with E-state index in [0.717, 1.165) is 22.2 Å². The molecule has 142 valence electrons. The van der Waals surface area contributed by atoms with Crippen LogP contribution in [0.15, 0.2) is 65.2 Å². The summed E-state index contributed by atoms with van der Waals surface area (Å²) in [6.45, 7) is 3.88. The van der Waals surface area contributed by atoms with Gasteiger partial charge in [0.05, 0.1) is 13.2 Å². The highest BCUT2D eigenvalue weighted by Gasteiger charge is 2.18. The number of hydrogen-bond donors (Lipinski definition) is 1. The molecule has 1 N–H and O–H groups in total. The minimum Gasteiger partial charge on any atom is -0.494 e. The van der Waals surface area contributed by atoms with Crippen LogP contribution in [0, 0.1) is 6.92 Å². The highest BCUT2D eigenvalue weighted by Crippen LogP contribution is 2.25. The van der Waals surface area contributed by atoms with Gasteiger partial charge >= 0.3 is 0 Å². The van der Waals surface area contributed by atoms with E-state index in [9.17, 15) is 4.79 Å². The number of hydrogen-bond acceptors (Lipinski definition) is 4. The summed E-state index contributed by atoms with van der Waals surface area (Å²) in [4.78, 5) is 12.6. The van der Waals surface area contributed by atoms with Gasteiger partial charge in [-0.3, -0.25) is 4.79 Å². The molecule has 4 rings (SSSR count). The van der Waals surface area contributed by atoms with Crippen LogP contribution in [-0.4, -0.2) is 22.8 Å². The van der Waals surface area contributed by atoms with E-state index in [1.54, 1.807) is 24.1 Å². The van der Waals surface area contributed by atoms with Gasteiger partial charge in [0, 0.05) is 11.6 Å². The van der Waals surface area contributed by atoms with Gasteiger partial charge in [-0.1, -0.05) is 24.3 Å². The van der Waals surface area contributed by atoms with E-state index in [-0.39, 0.29) is 11.9 Å². The topological polar surface area (TPSA) is 69.3 Å². The van der Waals surface area contributed by atoms with Crippen molar-refractivity contribution in [1.29, 1.82) is 0 Å². The molecule has 0 saturated heterocycles. The van der Waals surface area contributed by atoms with E-state index >= 15 is 0 Å². The van der Waals surface area contributed by atoms with Crippen LogP contribution in [0.4, 0.5) is 0 Å². The molecule has 6 heteroatoms. The lowest BCUT2D eigenvalue weighted by atomic mass is 10.2. The fraction of sp³-hybridized carbons (Fsp3) is 0.182. The van der Waals surface area contributed by atoms with E-state index in [1.165, 1.54) is 0 Å². The Morgan fingerprint density at radius 3 is 2.79 bits per heavy atom. The molecule has 1 amide bonds. The highest BCUT2D eigenvalue weighted by atomic mass is 16.5. The molecule has 0 bridgehead atoms. The number of nitrogens with one attached hydrogen (secondary N) is 1. The number of aromatic nitrogens is 2. The first-order chi connectivity index (χ1) is 13.5. The quantitative estimate of drug-likeness (QED) is 0.560.